The van der Waals surface area contributed by atoms with Gasteiger partial charge in [0.1, 0.15) is 34.9 Å². The first kappa shape index (κ1) is 42.5. The maximum absolute atomic E-state index is 15.4. The summed E-state index contributed by atoms with van der Waals surface area (Å²) >= 11 is 0. The molecule has 0 spiro atoms. The first-order chi connectivity index (χ1) is 28.7. The molecule has 0 bridgehead atoms. The molecule has 2 saturated heterocycles. The van der Waals surface area contributed by atoms with Gasteiger partial charge in [0.05, 0.1) is 28.5 Å². The molecule has 2 fully saturated rings. The van der Waals surface area contributed by atoms with E-state index in [1.165, 1.54) is 17.0 Å². The van der Waals surface area contributed by atoms with Crippen LogP contribution in [-0.2, 0) is 45.0 Å². The summed E-state index contributed by atoms with van der Waals surface area (Å²) in [6, 6.07) is 5.66. The predicted octanol–water partition coefficient (Wildman–Crippen LogP) is 8.18. The molecule has 4 aromatic rings. The van der Waals surface area contributed by atoms with Crippen molar-refractivity contribution < 1.29 is 37.4 Å². The number of ether oxygens (including phenoxy) is 2. The van der Waals surface area contributed by atoms with Gasteiger partial charge in [0.2, 0.25) is 11.8 Å². The number of aromatic nitrogens is 2. The number of hydrogen-bond donors (Lipinski definition) is 1. The zero-order valence-corrected chi connectivity index (χ0v) is 36.9. The van der Waals surface area contributed by atoms with Crippen molar-refractivity contribution in [1.82, 2.24) is 29.2 Å². The Bertz CT molecular complexity index is 2410. The van der Waals surface area contributed by atoms with Gasteiger partial charge in [0.15, 0.2) is 0 Å². The van der Waals surface area contributed by atoms with Crippen molar-refractivity contribution in [3.05, 3.63) is 59.2 Å². The molecule has 4 amide bonds. The van der Waals surface area contributed by atoms with Gasteiger partial charge >= 0.3 is 12.2 Å². The van der Waals surface area contributed by atoms with Gasteiger partial charge in [-0.15, -0.1) is 0 Å². The van der Waals surface area contributed by atoms with Crippen molar-refractivity contribution >= 4 is 45.8 Å². The zero-order chi connectivity index (χ0) is 43.9. The Morgan fingerprint density at radius 2 is 1.20 bits per heavy atom. The third-order valence-corrected chi connectivity index (χ3v) is 12.9. The molecule has 1 unspecified atom stereocenters. The molecule has 4 aliphatic heterocycles. The van der Waals surface area contributed by atoms with Crippen LogP contribution in [0.5, 0.6) is 0 Å². The minimum Gasteiger partial charge on any atom is -0.444 e. The molecule has 12 nitrogen and oxygen atoms in total. The van der Waals surface area contributed by atoms with Crippen LogP contribution in [0.15, 0.2) is 36.4 Å². The van der Waals surface area contributed by atoms with E-state index in [-0.39, 0.29) is 29.6 Å². The lowest BCUT2D eigenvalue weighted by Gasteiger charge is -2.44. The molecule has 4 aliphatic rings. The molecule has 5 atom stereocenters. The summed E-state index contributed by atoms with van der Waals surface area (Å²) in [6.07, 6.45) is 2.08. The highest BCUT2D eigenvalue weighted by Crippen LogP contribution is 2.45. The summed E-state index contributed by atoms with van der Waals surface area (Å²) in [7, 11) is 0. The van der Waals surface area contributed by atoms with Gasteiger partial charge in [0.25, 0.3) is 0 Å². The first-order valence-electron chi connectivity index (χ1n) is 22.0. The molecular weight excluding hydrogens is 783 g/mol. The molecule has 6 heterocycles. The number of benzene rings is 2. The van der Waals surface area contributed by atoms with Crippen LogP contribution in [0.4, 0.5) is 18.4 Å². The van der Waals surface area contributed by atoms with Crippen LogP contribution >= 0.6 is 0 Å². The van der Waals surface area contributed by atoms with Crippen LogP contribution in [-0.4, -0.2) is 102 Å². The van der Waals surface area contributed by atoms with Crippen LogP contribution in [0.3, 0.4) is 0 Å². The summed E-state index contributed by atoms with van der Waals surface area (Å²) in [6.45, 7) is 17.8. The van der Waals surface area contributed by atoms with Crippen molar-refractivity contribution in [2.75, 3.05) is 13.1 Å². The second-order valence-corrected chi connectivity index (χ2v) is 19.8. The summed E-state index contributed by atoms with van der Waals surface area (Å²) in [5, 5.41) is 4.63. The monoisotopic (exact) mass is 842 g/mol. The minimum atomic E-state index is -1.32. The highest BCUT2D eigenvalue weighted by Gasteiger charge is 2.48. The number of halogens is 2. The fraction of sp³-hybridized carbons (Fsp3) is 0.574. The quantitative estimate of drug-likeness (QED) is 0.218. The third kappa shape index (κ3) is 7.84. The van der Waals surface area contributed by atoms with Crippen molar-refractivity contribution in [3.63, 3.8) is 0 Å². The Labute approximate surface area is 356 Å². The van der Waals surface area contributed by atoms with E-state index in [9.17, 15) is 9.59 Å². The maximum atomic E-state index is 15.4. The van der Waals surface area contributed by atoms with Crippen LogP contribution in [0, 0.1) is 17.6 Å². The average molecular weight is 843 g/mol. The SMILES string of the molecule is CC(C)[C@H]1C(=O)N2CCC[C@H]2Cc2c3n(c4cc(F)ccc24)CCn2c-3c(c3ccc(F)cc32)C[C@@H]2CCCN2C(=O)[C@@H](NC(=O)OC(C)(C)C)C(C)N1C(=O)OC(C)(C)C. The Hall–Kier alpha value is -5.14. The number of alkyl carbamates (subject to hydrolysis) is 1. The van der Waals surface area contributed by atoms with Gasteiger partial charge in [-0.3, -0.25) is 14.5 Å². The molecule has 328 valence electrons. The summed E-state index contributed by atoms with van der Waals surface area (Å²) < 4.78 is 46.5. The van der Waals surface area contributed by atoms with Crippen molar-refractivity contribution in [2.45, 2.75) is 155 Å². The standard InChI is InChI=1S/C47H60F2N6O6/c1-26(2)39-43(57)52-19-11-13-31(52)25-35-33-17-15-29(49)23-37(33)54-21-20-53-36-22-28(48)14-16-32(36)34(40(53)41(35)54)24-30-12-10-18-51(30)42(56)38(50-44(58)60-46(4,5)6)27(3)55(39)45(59)61-47(7,8)9/h14-17,22-23,26-27,30-31,38-39H,10-13,18-21,24-25H2,1-9H3,(H,50,58)/t27?,30-,31-,38-,39-/m0/s1. The normalized spacial score (nSPS) is 23.7. The number of carbonyl (C=O) groups excluding carboxylic acids is 4. The van der Waals surface area contributed by atoms with Crippen molar-refractivity contribution in [3.8, 4) is 11.4 Å². The maximum Gasteiger partial charge on any atom is 0.411 e. The van der Waals surface area contributed by atoms with E-state index >= 15 is 18.4 Å². The van der Waals surface area contributed by atoms with E-state index in [4.69, 9.17) is 9.47 Å². The lowest BCUT2D eigenvalue weighted by molar-refractivity contribution is -0.143. The van der Waals surface area contributed by atoms with Crippen LogP contribution < -0.4 is 5.32 Å². The van der Waals surface area contributed by atoms with Crippen LogP contribution in [0.1, 0.15) is 99.1 Å². The molecule has 14 heteroatoms. The van der Waals surface area contributed by atoms with E-state index in [2.05, 4.69) is 14.5 Å². The fourth-order valence-corrected chi connectivity index (χ4v) is 10.5. The molecule has 2 aromatic heterocycles. The largest absolute Gasteiger partial charge is 0.444 e. The summed E-state index contributed by atoms with van der Waals surface area (Å²) in [5.74, 6) is -1.83. The second-order valence-electron chi connectivity index (χ2n) is 19.8. The Morgan fingerprint density at radius 3 is 1.66 bits per heavy atom. The number of fused-ring (bicyclic) bond motifs is 8. The van der Waals surface area contributed by atoms with E-state index < -0.39 is 53.3 Å². The zero-order valence-electron chi connectivity index (χ0n) is 36.9. The summed E-state index contributed by atoms with van der Waals surface area (Å²) in [5.41, 5.74) is 3.43. The number of nitrogens with one attached hydrogen (secondary N) is 1. The van der Waals surface area contributed by atoms with Gasteiger partial charge in [0, 0.05) is 49.0 Å². The molecule has 0 aliphatic carbocycles. The average Bonchev–Trinajstić information content (AvgIpc) is 3.95. The topological polar surface area (TPSA) is 118 Å². The van der Waals surface area contributed by atoms with E-state index in [0.717, 1.165) is 50.7 Å². The molecular formula is C47H60F2N6O6. The van der Waals surface area contributed by atoms with E-state index in [0.29, 0.717) is 58.3 Å². The van der Waals surface area contributed by atoms with Gasteiger partial charge < -0.3 is 33.7 Å². The summed E-state index contributed by atoms with van der Waals surface area (Å²) in [4.78, 5) is 64.1. The van der Waals surface area contributed by atoms with Crippen molar-refractivity contribution in [2.24, 2.45) is 5.92 Å². The number of amides is 4. The Morgan fingerprint density at radius 1 is 0.721 bits per heavy atom. The number of nitrogens with zero attached hydrogens (tertiary/aromatic N) is 5. The van der Waals surface area contributed by atoms with Crippen LogP contribution in [0.25, 0.3) is 33.2 Å². The number of rotatable bonds is 2. The number of aryl methyl sites for hydroxylation is 2. The molecule has 61 heavy (non-hydrogen) atoms. The fourth-order valence-electron chi connectivity index (χ4n) is 10.5. The molecule has 0 saturated carbocycles. The van der Waals surface area contributed by atoms with E-state index in [1.807, 2.05) is 30.9 Å². The molecule has 0 radical (unpaired) electrons. The predicted molar refractivity (Wildman–Crippen MR) is 229 cm³/mol. The molecule has 1 N–H and O–H groups in total. The van der Waals surface area contributed by atoms with Crippen LogP contribution in [0.2, 0.25) is 0 Å². The Balaban J connectivity index is 1.37. The van der Waals surface area contributed by atoms with Crippen molar-refractivity contribution in [1.29, 1.82) is 0 Å². The van der Waals surface area contributed by atoms with Gasteiger partial charge in [-0.25, -0.2) is 18.4 Å². The van der Waals surface area contributed by atoms with E-state index in [1.54, 1.807) is 65.5 Å². The van der Waals surface area contributed by atoms with Gasteiger partial charge in [-0.2, -0.15) is 0 Å². The highest BCUT2D eigenvalue weighted by atomic mass is 19.1. The van der Waals surface area contributed by atoms with Gasteiger partial charge in [-0.05, 0) is 140 Å². The Kier molecular flexibility index (Phi) is 10.9. The lowest BCUT2D eigenvalue weighted by atomic mass is 9.93. The van der Waals surface area contributed by atoms with Gasteiger partial charge in [-0.1, -0.05) is 13.8 Å². The second kappa shape index (κ2) is 15.6. The number of carbonyl (C=O) groups is 4. The molecule has 8 rings (SSSR count). The number of hydrogen-bond acceptors (Lipinski definition) is 6. The molecule has 2 aromatic carbocycles. The highest BCUT2D eigenvalue weighted by molar-refractivity contribution is 5.98. The minimum absolute atomic E-state index is 0.277. The smallest absolute Gasteiger partial charge is 0.411 e. The first-order valence-corrected chi connectivity index (χ1v) is 22.0. The lowest BCUT2D eigenvalue weighted by Crippen LogP contribution is -2.65. The third-order valence-electron chi connectivity index (χ3n) is 12.9.